The first-order chi connectivity index (χ1) is 17.1. The zero-order chi connectivity index (χ0) is 23.8. The van der Waals surface area contributed by atoms with Gasteiger partial charge in [0, 0.05) is 50.4 Å². The van der Waals surface area contributed by atoms with Crippen molar-refractivity contribution in [1.29, 1.82) is 0 Å². The van der Waals surface area contributed by atoms with E-state index in [0.717, 1.165) is 68.0 Å². The van der Waals surface area contributed by atoms with Gasteiger partial charge in [-0.3, -0.25) is 9.69 Å². The quantitative estimate of drug-likeness (QED) is 0.438. The molecule has 35 heavy (non-hydrogen) atoms. The first-order valence-corrected chi connectivity index (χ1v) is 12.1. The molecule has 1 aromatic carbocycles. The average molecular weight is 473 g/mol. The number of H-pyrrole nitrogens is 1. The van der Waals surface area contributed by atoms with Crippen LogP contribution in [0.3, 0.4) is 0 Å². The lowest BCUT2D eigenvalue weighted by Crippen LogP contribution is -2.50. The topological polar surface area (TPSA) is 116 Å². The summed E-state index contributed by atoms with van der Waals surface area (Å²) in [6.07, 6.45) is 5.14. The Balaban J connectivity index is 1.09. The highest BCUT2D eigenvalue weighted by atomic mass is 16.5. The monoisotopic (exact) mass is 472 g/mol. The highest BCUT2D eigenvalue weighted by Gasteiger charge is 2.31. The summed E-state index contributed by atoms with van der Waals surface area (Å²) in [7, 11) is 0. The number of benzene rings is 1. The molecular weight excluding hydrogens is 444 g/mol. The van der Waals surface area contributed by atoms with Gasteiger partial charge in [0.05, 0.1) is 11.0 Å². The first-order valence-electron chi connectivity index (χ1n) is 12.1. The number of aryl methyl sites for hydroxylation is 1. The predicted molar refractivity (Wildman–Crippen MR) is 131 cm³/mol. The molecule has 2 fully saturated rings. The Morgan fingerprint density at radius 3 is 2.74 bits per heavy atom. The SMILES string of the molecule is Cc1noc(-c2ccc3nc(Nc4cc(CN5CCN(C(=O)C6CCC6)CC5)ccn4)[nH]c3c2)n1. The minimum absolute atomic E-state index is 0.281. The maximum atomic E-state index is 12.5. The third kappa shape index (κ3) is 4.61. The van der Waals surface area contributed by atoms with Gasteiger partial charge in [-0.15, -0.1) is 0 Å². The number of aromatic amines is 1. The van der Waals surface area contributed by atoms with Crippen LogP contribution in [0, 0.1) is 12.8 Å². The predicted octanol–water partition coefficient (Wildman–Crippen LogP) is 3.50. The van der Waals surface area contributed by atoms with Crippen LogP contribution in [0.1, 0.15) is 30.7 Å². The standard InChI is InChI=1S/C25H28N8O2/c1-16-27-23(35-31-16)19-5-6-20-21(14-19)29-25(28-20)30-22-13-17(7-8-26-22)15-32-9-11-33(12-10-32)24(34)18-3-2-4-18/h5-8,13-14,18H,2-4,9-12,15H2,1H3,(H2,26,28,29,30). The molecule has 4 aromatic rings. The molecule has 1 amide bonds. The van der Waals surface area contributed by atoms with Crippen molar-refractivity contribution in [1.82, 2.24) is 34.9 Å². The van der Waals surface area contributed by atoms with E-state index in [4.69, 9.17) is 4.52 Å². The van der Waals surface area contributed by atoms with Gasteiger partial charge in [-0.1, -0.05) is 11.6 Å². The summed E-state index contributed by atoms with van der Waals surface area (Å²) in [5.41, 5.74) is 3.71. The van der Waals surface area contributed by atoms with Crippen LogP contribution in [-0.2, 0) is 11.3 Å². The summed E-state index contributed by atoms with van der Waals surface area (Å²) in [4.78, 5) is 33.6. The van der Waals surface area contributed by atoms with E-state index in [1.807, 2.05) is 41.4 Å². The number of piperazine rings is 1. The molecule has 6 rings (SSSR count). The van der Waals surface area contributed by atoms with Gasteiger partial charge in [-0.05, 0) is 55.7 Å². The second-order valence-corrected chi connectivity index (χ2v) is 9.37. The third-order valence-electron chi connectivity index (χ3n) is 6.87. The number of anilines is 2. The Kier molecular flexibility index (Phi) is 5.65. The highest BCUT2D eigenvalue weighted by Crippen LogP contribution is 2.29. The van der Waals surface area contributed by atoms with Crippen LogP contribution in [0.4, 0.5) is 11.8 Å². The van der Waals surface area contributed by atoms with Gasteiger partial charge >= 0.3 is 0 Å². The molecule has 4 heterocycles. The lowest BCUT2D eigenvalue weighted by molar-refractivity contribution is -0.140. The van der Waals surface area contributed by atoms with Gasteiger partial charge in [0.2, 0.25) is 11.9 Å². The number of nitrogens with one attached hydrogen (secondary N) is 2. The Labute approximate surface area is 202 Å². The molecule has 10 nitrogen and oxygen atoms in total. The highest BCUT2D eigenvalue weighted by molar-refractivity contribution is 5.82. The van der Waals surface area contributed by atoms with Crippen molar-refractivity contribution in [2.45, 2.75) is 32.7 Å². The van der Waals surface area contributed by atoms with Crippen molar-refractivity contribution in [3.8, 4) is 11.5 Å². The number of rotatable bonds is 6. The largest absolute Gasteiger partial charge is 0.340 e. The van der Waals surface area contributed by atoms with E-state index in [2.05, 4.69) is 35.3 Å². The molecule has 180 valence electrons. The van der Waals surface area contributed by atoms with Crippen LogP contribution in [0.25, 0.3) is 22.5 Å². The van der Waals surface area contributed by atoms with Crippen LogP contribution in [-0.4, -0.2) is 67.0 Å². The molecule has 2 aliphatic rings. The summed E-state index contributed by atoms with van der Waals surface area (Å²) in [6, 6.07) is 9.86. The van der Waals surface area contributed by atoms with Crippen molar-refractivity contribution in [3.63, 3.8) is 0 Å². The van der Waals surface area contributed by atoms with Crippen molar-refractivity contribution in [3.05, 3.63) is 47.9 Å². The third-order valence-corrected chi connectivity index (χ3v) is 6.87. The molecule has 2 N–H and O–H groups in total. The molecule has 0 atom stereocenters. The second kappa shape index (κ2) is 9.10. The van der Waals surface area contributed by atoms with E-state index in [9.17, 15) is 4.79 Å². The smallest absolute Gasteiger partial charge is 0.257 e. The molecule has 0 radical (unpaired) electrons. The zero-order valence-electron chi connectivity index (χ0n) is 19.7. The maximum absolute atomic E-state index is 12.5. The Morgan fingerprint density at radius 2 is 2.00 bits per heavy atom. The van der Waals surface area contributed by atoms with E-state index >= 15 is 0 Å². The van der Waals surface area contributed by atoms with Crippen LogP contribution in [0.15, 0.2) is 41.1 Å². The number of nitrogens with zero attached hydrogens (tertiary/aromatic N) is 6. The molecule has 0 spiro atoms. The average Bonchev–Trinajstić information content (AvgIpc) is 3.43. The number of amides is 1. The molecule has 3 aromatic heterocycles. The minimum atomic E-state index is 0.281. The molecular formula is C25H28N8O2. The molecule has 0 bridgehead atoms. The number of aromatic nitrogens is 5. The Morgan fingerprint density at radius 1 is 1.14 bits per heavy atom. The summed E-state index contributed by atoms with van der Waals surface area (Å²) in [5.74, 6) is 3.07. The zero-order valence-corrected chi connectivity index (χ0v) is 19.7. The number of hydrogen-bond donors (Lipinski definition) is 2. The van der Waals surface area contributed by atoms with Gasteiger partial charge in [0.1, 0.15) is 5.82 Å². The van der Waals surface area contributed by atoms with Crippen LogP contribution in [0.5, 0.6) is 0 Å². The maximum Gasteiger partial charge on any atom is 0.257 e. The summed E-state index contributed by atoms with van der Waals surface area (Å²) >= 11 is 0. The fourth-order valence-corrected chi connectivity index (χ4v) is 4.68. The lowest BCUT2D eigenvalue weighted by atomic mass is 9.84. The van der Waals surface area contributed by atoms with Crippen molar-refractivity contribution in [2.75, 3.05) is 31.5 Å². The molecule has 1 aliphatic carbocycles. The van der Waals surface area contributed by atoms with Gasteiger partial charge in [-0.25, -0.2) is 9.97 Å². The minimum Gasteiger partial charge on any atom is -0.340 e. The van der Waals surface area contributed by atoms with E-state index in [0.29, 0.717) is 23.6 Å². The van der Waals surface area contributed by atoms with E-state index in [-0.39, 0.29) is 5.92 Å². The summed E-state index contributed by atoms with van der Waals surface area (Å²) in [6.45, 7) is 6.05. The Hall–Kier alpha value is -3.79. The van der Waals surface area contributed by atoms with Gasteiger partial charge in [0.15, 0.2) is 5.82 Å². The fraction of sp³-hybridized carbons (Fsp3) is 0.400. The van der Waals surface area contributed by atoms with Crippen LogP contribution < -0.4 is 5.32 Å². The number of carbonyl (C=O) groups is 1. The molecule has 0 unspecified atom stereocenters. The normalized spacial score (nSPS) is 17.0. The van der Waals surface area contributed by atoms with Gasteiger partial charge in [-0.2, -0.15) is 4.98 Å². The Bertz CT molecular complexity index is 1350. The van der Waals surface area contributed by atoms with Crippen LogP contribution in [0.2, 0.25) is 0 Å². The number of hydrogen-bond acceptors (Lipinski definition) is 8. The fourth-order valence-electron chi connectivity index (χ4n) is 4.68. The van der Waals surface area contributed by atoms with E-state index in [1.54, 1.807) is 6.92 Å². The second-order valence-electron chi connectivity index (χ2n) is 9.37. The summed E-state index contributed by atoms with van der Waals surface area (Å²) < 4.78 is 5.27. The van der Waals surface area contributed by atoms with Gasteiger partial charge < -0.3 is 19.7 Å². The van der Waals surface area contributed by atoms with E-state index < -0.39 is 0 Å². The number of carbonyl (C=O) groups excluding carboxylic acids is 1. The summed E-state index contributed by atoms with van der Waals surface area (Å²) in [5, 5.41) is 7.14. The number of pyridine rings is 1. The first kappa shape index (κ1) is 21.7. The molecule has 1 aliphatic heterocycles. The van der Waals surface area contributed by atoms with Crippen molar-refractivity contribution in [2.24, 2.45) is 5.92 Å². The molecule has 10 heteroatoms. The molecule has 1 saturated carbocycles. The van der Waals surface area contributed by atoms with Crippen molar-refractivity contribution >= 4 is 28.7 Å². The lowest BCUT2D eigenvalue weighted by Gasteiger charge is -2.38. The number of fused-ring (bicyclic) bond motifs is 1. The van der Waals surface area contributed by atoms with E-state index in [1.165, 1.54) is 12.0 Å². The number of imidazole rings is 1. The molecule has 1 saturated heterocycles. The van der Waals surface area contributed by atoms with Crippen LogP contribution >= 0.6 is 0 Å². The van der Waals surface area contributed by atoms with Crippen molar-refractivity contribution < 1.29 is 9.32 Å². The van der Waals surface area contributed by atoms with Gasteiger partial charge in [0.25, 0.3) is 5.89 Å².